The molecule has 0 bridgehead atoms. The summed E-state index contributed by atoms with van der Waals surface area (Å²) in [6, 6.07) is 0. The van der Waals surface area contributed by atoms with E-state index in [1.807, 2.05) is 4.94 Å². The van der Waals surface area contributed by atoms with E-state index in [-0.39, 0.29) is 0 Å². The molecular weight excluding hydrogens is 157 g/mol. The predicted octanol–water partition coefficient (Wildman–Crippen LogP) is 0.134. The van der Waals surface area contributed by atoms with Gasteiger partial charge in [-0.2, -0.15) is 8.78 Å². The third-order valence-corrected chi connectivity index (χ3v) is 0.595. The molecule has 0 amide bonds. The molecule has 0 fully saturated rings. The molecule has 0 rings (SSSR count). The van der Waals surface area contributed by atoms with Crippen molar-refractivity contribution in [2.24, 2.45) is 0 Å². The van der Waals surface area contributed by atoms with Gasteiger partial charge in [0.2, 0.25) is 0 Å². The lowest BCUT2D eigenvalue weighted by atomic mass is 10.3. The summed E-state index contributed by atoms with van der Waals surface area (Å²) in [4.78, 5) is 21.0. The summed E-state index contributed by atoms with van der Waals surface area (Å²) in [5.41, 5.74) is 0. The molecular formula is C3HF3O4. The van der Waals surface area contributed by atoms with Gasteiger partial charge in [-0.1, -0.05) is 0 Å². The van der Waals surface area contributed by atoms with Gasteiger partial charge in [-0.05, 0) is 0 Å². The quantitative estimate of drug-likeness (QED) is 0.580. The molecule has 0 atom stereocenters. The third-order valence-electron chi connectivity index (χ3n) is 0.595. The molecule has 1 N–H and O–H groups in total. The number of aliphatic carboxylic acids is 1. The smallest absolute Gasteiger partial charge is 0.440 e. The lowest BCUT2D eigenvalue weighted by Gasteiger charge is -2.03. The van der Waals surface area contributed by atoms with Gasteiger partial charge < -0.3 is 5.11 Å². The Morgan fingerprint density at radius 2 is 1.80 bits per heavy atom. The van der Waals surface area contributed by atoms with Crippen LogP contribution in [0.25, 0.3) is 0 Å². The average molecular weight is 158 g/mol. The van der Waals surface area contributed by atoms with Gasteiger partial charge in [-0.25, -0.2) is 14.5 Å². The van der Waals surface area contributed by atoms with Crippen LogP contribution in [0.5, 0.6) is 0 Å². The maximum absolute atomic E-state index is 11.6. The average Bonchev–Trinajstić information content (AvgIpc) is 1.86. The normalized spacial score (nSPS) is 10.7. The summed E-state index contributed by atoms with van der Waals surface area (Å²) in [5.74, 6) is -10.3. The highest BCUT2D eigenvalue weighted by Gasteiger charge is 2.50. The van der Waals surface area contributed by atoms with Gasteiger partial charge in [-0.15, -0.1) is 0 Å². The van der Waals surface area contributed by atoms with Crippen LogP contribution in [0.15, 0.2) is 0 Å². The molecule has 0 aromatic rings. The summed E-state index contributed by atoms with van der Waals surface area (Å²) >= 11 is 0. The molecule has 0 radical (unpaired) electrons. The van der Waals surface area contributed by atoms with Crippen LogP contribution in [-0.4, -0.2) is 23.0 Å². The van der Waals surface area contributed by atoms with Crippen LogP contribution in [-0.2, 0) is 14.5 Å². The highest BCUT2D eigenvalue weighted by Crippen LogP contribution is 2.15. The fraction of sp³-hybridized carbons (Fsp3) is 0.333. The second kappa shape index (κ2) is 2.54. The van der Waals surface area contributed by atoms with Crippen molar-refractivity contribution < 1.29 is 32.9 Å². The highest BCUT2D eigenvalue weighted by molar-refractivity contribution is 6.00. The van der Waals surface area contributed by atoms with Crippen LogP contribution < -0.4 is 0 Å². The molecule has 0 aliphatic carbocycles. The first-order chi connectivity index (χ1) is 4.42. The molecule has 0 aliphatic heterocycles. The van der Waals surface area contributed by atoms with E-state index in [1.165, 1.54) is 0 Å². The van der Waals surface area contributed by atoms with Gasteiger partial charge in [0.1, 0.15) is 0 Å². The van der Waals surface area contributed by atoms with E-state index in [1.54, 1.807) is 0 Å². The largest absolute Gasteiger partial charge is 0.476 e. The van der Waals surface area contributed by atoms with E-state index in [0.717, 1.165) is 0 Å². The monoisotopic (exact) mass is 158 g/mol. The van der Waals surface area contributed by atoms with Crippen molar-refractivity contribution in [3.8, 4) is 0 Å². The van der Waals surface area contributed by atoms with Crippen molar-refractivity contribution >= 4 is 11.9 Å². The number of rotatable bonds is 2. The second-order valence-corrected chi connectivity index (χ2v) is 1.24. The molecule has 0 heterocycles. The van der Waals surface area contributed by atoms with Crippen LogP contribution >= 0.6 is 0 Å². The standard InChI is InChI=1S/C3HF3O4/c4-3(5,1(7)8)2(9)10-6/h(H,7,8). The Kier molecular flexibility index (Phi) is 2.22. The summed E-state index contributed by atoms with van der Waals surface area (Å²) in [6.07, 6.45) is 0. The molecule has 0 unspecified atom stereocenters. The van der Waals surface area contributed by atoms with Crippen molar-refractivity contribution in [2.75, 3.05) is 0 Å². The van der Waals surface area contributed by atoms with Crippen molar-refractivity contribution in [3.63, 3.8) is 0 Å². The molecule has 0 saturated heterocycles. The Balaban J connectivity index is 4.40. The van der Waals surface area contributed by atoms with Gasteiger partial charge in [0.25, 0.3) is 0 Å². The molecule has 0 aromatic heterocycles. The zero-order valence-electron chi connectivity index (χ0n) is 4.31. The SMILES string of the molecule is O=C(O)C(F)(F)C(=O)OF. The summed E-state index contributed by atoms with van der Waals surface area (Å²) in [5, 5.41) is 7.53. The topological polar surface area (TPSA) is 63.6 Å². The molecule has 0 spiro atoms. The maximum Gasteiger partial charge on any atom is 0.440 e. The zero-order valence-corrected chi connectivity index (χ0v) is 4.31. The van der Waals surface area contributed by atoms with E-state index in [9.17, 15) is 22.9 Å². The predicted molar refractivity (Wildman–Crippen MR) is 19.8 cm³/mol. The lowest BCUT2D eigenvalue weighted by Crippen LogP contribution is -2.37. The molecule has 7 heteroatoms. The van der Waals surface area contributed by atoms with E-state index in [4.69, 9.17) is 5.11 Å². The van der Waals surface area contributed by atoms with Crippen LogP contribution in [0.4, 0.5) is 13.3 Å². The van der Waals surface area contributed by atoms with Crippen molar-refractivity contribution in [1.29, 1.82) is 0 Å². The molecule has 10 heavy (non-hydrogen) atoms. The Morgan fingerprint density at radius 1 is 1.40 bits per heavy atom. The van der Waals surface area contributed by atoms with Crippen LogP contribution in [0.2, 0.25) is 0 Å². The minimum absolute atomic E-state index is 2.01. The summed E-state index contributed by atoms with van der Waals surface area (Å²) in [7, 11) is 0. The van der Waals surface area contributed by atoms with Crippen LogP contribution in [0, 0.1) is 0 Å². The summed E-state index contributed by atoms with van der Waals surface area (Å²) < 4.78 is 33.9. The molecule has 4 nitrogen and oxygen atoms in total. The van der Waals surface area contributed by atoms with Gasteiger partial charge in [0, 0.05) is 4.53 Å². The number of hydrogen-bond acceptors (Lipinski definition) is 3. The fourth-order valence-electron chi connectivity index (χ4n) is 0.136. The number of carboxylic acids is 1. The fourth-order valence-corrected chi connectivity index (χ4v) is 0.136. The Hall–Kier alpha value is -1.27. The lowest BCUT2D eigenvalue weighted by molar-refractivity contribution is -0.216. The molecule has 58 valence electrons. The Bertz CT molecular complexity index is 165. The second-order valence-electron chi connectivity index (χ2n) is 1.24. The first kappa shape index (κ1) is 8.73. The minimum Gasteiger partial charge on any atom is -0.476 e. The van der Waals surface area contributed by atoms with Gasteiger partial charge in [-0.3, -0.25) is 0 Å². The number of alkyl halides is 2. The summed E-state index contributed by atoms with van der Waals surface area (Å²) in [6.45, 7) is 0. The molecule has 0 saturated carbocycles. The van der Waals surface area contributed by atoms with Crippen LogP contribution in [0.3, 0.4) is 0 Å². The van der Waals surface area contributed by atoms with E-state index >= 15 is 0 Å². The minimum atomic E-state index is -4.81. The molecule has 0 aromatic carbocycles. The number of hydrogen-bond donors (Lipinski definition) is 1. The van der Waals surface area contributed by atoms with E-state index in [0.29, 0.717) is 0 Å². The van der Waals surface area contributed by atoms with Gasteiger partial charge in [0.05, 0.1) is 0 Å². The first-order valence-corrected chi connectivity index (χ1v) is 1.87. The maximum atomic E-state index is 11.6. The number of halogens is 3. The van der Waals surface area contributed by atoms with E-state index < -0.39 is 17.9 Å². The van der Waals surface area contributed by atoms with Crippen molar-refractivity contribution in [2.45, 2.75) is 5.92 Å². The zero-order chi connectivity index (χ0) is 8.36. The van der Waals surface area contributed by atoms with Gasteiger partial charge >= 0.3 is 17.9 Å². The Morgan fingerprint density at radius 3 is 1.90 bits per heavy atom. The molecule has 0 aliphatic rings. The number of carbonyl (C=O) groups is 2. The number of carbonyl (C=O) groups excluding carboxylic acids is 1. The number of carboxylic acid groups (broad SMARTS) is 1. The first-order valence-electron chi connectivity index (χ1n) is 1.87. The van der Waals surface area contributed by atoms with Crippen molar-refractivity contribution in [1.82, 2.24) is 0 Å². The van der Waals surface area contributed by atoms with Crippen LogP contribution in [0.1, 0.15) is 0 Å². The van der Waals surface area contributed by atoms with Crippen molar-refractivity contribution in [3.05, 3.63) is 0 Å². The Labute approximate surface area is 52.1 Å². The third kappa shape index (κ3) is 1.36. The van der Waals surface area contributed by atoms with Gasteiger partial charge in [0.15, 0.2) is 0 Å². The highest BCUT2D eigenvalue weighted by atomic mass is 19.3. The van der Waals surface area contributed by atoms with E-state index in [2.05, 4.69) is 0 Å².